The molecular formula is C17H26N4O. The number of nitrogens with zero attached hydrogens (tertiary/aromatic N) is 2. The number of anilines is 1. The molecule has 0 radical (unpaired) electrons. The van der Waals surface area contributed by atoms with E-state index in [1.807, 2.05) is 6.07 Å². The van der Waals surface area contributed by atoms with Crippen molar-refractivity contribution in [2.45, 2.75) is 44.6 Å². The molecule has 5 nitrogen and oxygen atoms in total. The summed E-state index contributed by atoms with van der Waals surface area (Å²) in [7, 11) is 0. The summed E-state index contributed by atoms with van der Waals surface area (Å²) < 4.78 is 0. The van der Waals surface area contributed by atoms with E-state index in [4.69, 9.17) is 5.73 Å². The van der Waals surface area contributed by atoms with Gasteiger partial charge in [0.2, 0.25) is 0 Å². The Hall–Kier alpha value is -1.62. The first-order valence-electron chi connectivity index (χ1n) is 8.45. The van der Waals surface area contributed by atoms with Crippen molar-refractivity contribution >= 4 is 11.6 Å². The van der Waals surface area contributed by atoms with Gasteiger partial charge in [0, 0.05) is 38.1 Å². The van der Waals surface area contributed by atoms with Crippen LogP contribution in [0.5, 0.6) is 0 Å². The van der Waals surface area contributed by atoms with Gasteiger partial charge in [0.05, 0.1) is 11.3 Å². The van der Waals surface area contributed by atoms with Gasteiger partial charge in [-0.25, -0.2) is 0 Å². The van der Waals surface area contributed by atoms with Crippen LogP contribution in [0.1, 0.15) is 48.9 Å². The van der Waals surface area contributed by atoms with Crippen LogP contribution in [0, 0.1) is 5.92 Å². The molecule has 0 aromatic carbocycles. The minimum atomic E-state index is -0.422. The van der Waals surface area contributed by atoms with Crippen LogP contribution in [-0.2, 0) is 0 Å². The average Bonchev–Trinajstić information content (AvgIpc) is 3.02. The zero-order chi connectivity index (χ0) is 15.4. The maximum atomic E-state index is 11.4. The van der Waals surface area contributed by atoms with Crippen LogP contribution in [0.3, 0.4) is 0 Å². The third kappa shape index (κ3) is 3.77. The second-order valence-electron chi connectivity index (χ2n) is 6.66. The molecule has 0 unspecified atom stereocenters. The van der Waals surface area contributed by atoms with E-state index < -0.39 is 5.91 Å². The number of hydrogen-bond donors (Lipinski definition) is 2. The van der Waals surface area contributed by atoms with Crippen LogP contribution in [0.2, 0.25) is 0 Å². The highest BCUT2D eigenvalue weighted by Crippen LogP contribution is 2.27. The van der Waals surface area contributed by atoms with Gasteiger partial charge in [-0.2, -0.15) is 0 Å². The quantitative estimate of drug-likeness (QED) is 0.875. The van der Waals surface area contributed by atoms with Crippen molar-refractivity contribution in [3.05, 3.63) is 24.0 Å². The lowest BCUT2D eigenvalue weighted by Crippen LogP contribution is -2.41. The van der Waals surface area contributed by atoms with Gasteiger partial charge in [-0.15, -0.1) is 0 Å². The number of hydrogen-bond acceptors (Lipinski definition) is 4. The SMILES string of the molecule is NC(=O)c1cnccc1NC1CCN(CC2CCCC2)CC1. The van der Waals surface area contributed by atoms with E-state index in [1.165, 1.54) is 32.2 Å². The zero-order valence-electron chi connectivity index (χ0n) is 13.1. The first-order valence-corrected chi connectivity index (χ1v) is 8.45. The molecule has 3 N–H and O–H groups in total. The van der Waals surface area contributed by atoms with Crippen molar-refractivity contribution in [1.29, 1.82) is 0 Å². The predicted molar refractivity (Wildman–Crippen MR) is 87.8 cm³/mol. The minimum absolute atomic E-state index is 0.417. The first-order chi connectivity index (χ1) is 10.7. The number of aromatic nitrogens is 1. The molecule has 0 spiro atoms. The van der Waals surface area contributed by atoms with Crippen LogP contribution in [0.4, 0.5) is 5.69 Å². The molecule has 1 saturated carbocycles. The fraction of sp³-hybridized carbons (Fsp3) is 0.647. The van der Waals surface area contributed by atoms with Crippen molar-refractivity contribution in [2.24, 2.45) is 11.7 Å². The van der Waals surface area contributed by atoms with Crippen molar-refractivity contribution in [2.75, 3.05) is 25.0 Å². The summed E-state index contributed by atoms with van der Waals surface area (Å²) in [5, 5.41) is 3.48. The number of nitrogens with one attached hydrogen (secondary N) is 1. The van der Waals surface area contributed by atoms with E-state index in [0.29, 0.717) is 11.6 Å². The smallest absolute Gasteiger partial charge is 0.252 e. The van der Waals surface area contributed by atoms with Gasteiger partial charge in [-0.3, -0.25) is 9.78 Å². The fourth-order valence-electron chi connectivity index (χ4n) is 3.75. The third-order valence-corrected chi connectivity index (χ3v) is 5.02. The Kier molecular flexibility index (Phi) is 4.93. The Morgan fingerprint density at radius 3 is 2.68 bits per heavy atom. The van der Waals surface area contributed by atoms with Crippen LogP contribution in [0.25, 0.3) is 0 Å². The Morgan fingerprint density at radius 2 is 2.00 bits per heavy atom. The Labute approximate surface area is 132 Å². The monoisotopic (exact) mass is 302 g/mol. The van der Waals surface area contributed by atoms with E-state index in [1.54, 1.807) is 12.4 Å². The number of pyridine rings is 1. The molecule has 1 saturated heterocycles. The highest BCUT2D eigenvalue weighted by atomic mass is 16.1. The van der Waals surface area contributed by atoms with Gasteiger partial charge in [0.1, 0.15) is 0 Å². The van der Waals surface area contributed by atoms with Gasteiger partial charge in [-0.05, 0) is 37.7 Å². The summed E-state index contributed by atoms with van der Waals surface area (Å²) >= 11 is 0. The molecule has 1 aromatic rings. The second-order valence-corrected chi connectivity index (χ2v) is 6.66. The van der Waals surface area contributed by atoms with E-state index >= 15 is 0 Å². The largest absolute Gasteiger partial charge is 0.381 e. The fourth-order valence-corrected chi connectivity index (χ4v) is 3.75. The second kappa shape index (κ2) is 7.09. The number of carbonyl (C=O) groups excluding carboxylic acids is 1. The number of amides is 1. The molecule has 1 aromatic heterocycles. The molecule has 0 bridgehead atoms. The highest BCUT2D eigenvalue weighted by Gasteiger charge is 2.24. The van der Waals surface area contributed by atoms with E-state index in [2.05, 4.69) is 15.2 Å². The normalized spacial score (nSPS) is 21.1. The van der Waals surface area contributed by atoms with Crippen molar-refractivity contribution < 1.29 is 4.79 Å². The lowest BCUT2D eigenvalue weighted by Gasteiger charge is -2.34. The van der Waals surface area contributed by atoms with Crippen LogP contribution in [0.15, 0.2) is 18.5 Å². The number of piperidine rings is 1. The summed E-state index contributed by atoms with van der Waals surface area (Å²) in [6, 6.07) is 2.26. The topological polar surface area (TPSA) is 71.2 Å². The summed E-state index contributed by atoms with van der Waals surface area (Å²) in [5.41, 5.74) is 6.70. The number of nitrogens with two attached hydrogens (primary N) is 1. The average molecular weight is 302 g/mol. The van der Waals surface area contributed by atoms with Crippen molar-refractivity contribution in [3.8, 4) is 0 Å². The lowest BCUT2D eigenvalue weighted by atomic mass is 10.0. The summed E-state index contributed by atoms with van der Waals surface area (Å²) in [5.74, 6) is 0.500. The number of carbonyl (C=O) groups is 1. The molecule has 2 fully saturated rings. The predicted octanol–water partition coefficient (Wildman–Crippen LogP) is 2.25. The highest BCUT2D eigenvalue weighted by molar-refractivity contribution is 5.98. The number of primary amides is 1. The maximum absolute atomic E-state index is 11.4. The molecule has 120 valence electrons. The van der Waals surface area contributed by atoms with Crippen LogP contribution >= 0.6 is 0 Å². The van der Waals surface area contributed by atoms with Gasteiger partial charge >= 0.3 is 0 Å². The van der Waals surface area contributed by atoms with Crippen LogP contribution in [-0.4, -0.2) is 41.5 Å². The van der Waals surface area contributed by atoms with Gasteiger partial charge in [0.25, 0.3) is 5.91 Å². The third-order valence-electron chi connectivity index (χ3n) is 5.02. The molecule has 1 amide bonds. The molecule has 2 aliphatic rings. The van der Waals surface area contributed by atoms with E-state index in [9.17, 15) is 4.79 Å². The summed E-state index contributed by atoms with van der Waals surface area (Å²) in [4.78, 5) is 18.0. The molecule has 2 heterocycles. The molecular weight excluding hydrogens is 276 g/mol. The van der Waals surface area contributed by atoms with Crippen molar-refractivity contribution in [1.82, 2.24) is 9.88 Å². The molecule has 3 rings (SSSR count). The Bertz CT molecular complexity index is 505. The van der Waals surface area contributed by atoms with Gasteiger partial charge < -0.3 is 16.0 Å². The Morgan fingerprint density at radius 1 is 1.27 bits per heavy atom. The Balaban J connectivity index is 1.50. The van der Waals surface area contributed by atoms with Gasteiger partial charge in [-0.1, -0.05) is 12.8 Å². The molecule has 1 aliphatic heterocycles. The standard InChI is InChI=1S/C17H26N4O/c18-17(22)15-11-19-8-5-16(15)20-14-6-9-21(10-7-14)12-13-3-1-2-4-13/h5,8,11,13-14H,1-4,6-7,9-10,12H2,(H2,18,22)(H,19,20). The summed E-state index contributed by atoms with van der Waals surface area (Å²) in [6.45, 7) is 3.56. The number of rotatable bonds is 5. The number of likely N-dealkylation sites (tertiary alicyclic amines) is 1. The molecule has 1 aliphatic carbocycles. The minimum Gasteiger partial charge on any atom is -0.381 e. The molecule has 22 heavy (non-hydrogen) atoms. The van der Waals surface area contributed by atoms with E-state index in [0.717, 1.165) is 37.5 Å². The van der Waals surface area contributed by atoms with Gasteiger partial charge in [0.15, 0.2) is 0 Å². The summed E-state index contributed by atoms with van der Waals surface area (Å²) in [6.07, 6.45) is 11.1. The van der Waals surface area contributed by atoms with Crippen molar-refractivity contribution in [3.63, 3.8) is 0 Å². The zero-order valence-corrected chi connectivity index (χ0v) is 13.1. The molecule has 0 atom stereocenters. The lowest BCUT2D eigenvalue weighted by molar-refractivity contribution is 0.100. The van der Waals surface area contributed by atoms with E-state index in [-0.39, 0.29) is 0 Å². The molecule has 5 heteroatoms. The first kappa shape index (κ1) is 15.3. The maximum Gasteiger partial charge on any atom is 0.252 e. The van der Waals surface area contributed by atoms with Crippen LogP contribution < -0.4 is 11.1 Å².